The molecule has 1 saturated heterocycles. The molecule has 1 aromatic carbocycles. The first-order valence-corrected chi connectivity index (χ1v) is 7.29. The molecule has 21 heavy (non-hydrogen) atoms. The molecule has 2 N–H and O–H groups in total. The number of hydrogen-bond donors (Lipinski definition) is 2. The van der Waals surface area contributed by atoms with E-state index in [-0.39, 0.29) is 23.9 Å². The third-order valence-electron chi connectivity index (χ3n) is 3.52. The molecule has 0 aliphatic carbocycles. The molecule has 1 aliphatic rings. The minimum Gasteiger partial charge on any atom is -0.383 e. The molecule has 1 aliphatic heterocycles. The number of amides is 1. The molecule has 1 atom stereocenters. The van der Waals surface area contributed by atoms with E-state index in [0.717, 1.165) is 19.4 Å². The fourth-order valence-corrected chi connectivity index (χ4v) is 2.76. The Morgan fingerprint density at radius 1 is 1.43 bits per heavy atom. The second-order valence-electron chi connectivity index (χ2n) is 5.06. The second kappa shape index (κ2) is 8.20. The summed E-state index contributed by atoms with van der Waals surface area (Å²) in [6, 6.07) is 4.86. The van der Waals surface area contributed by atoms with Gasteiger partial charge < -0.3 is 15.4 Å². The van der Waals surface area contributed by atoms with Gasteiger partial charge in [-0.1, -0.05) is 23.2 Å². The Hall–Kier alpha value is -0.520. The Labute approximate surface area is 140 Å². The van der Waals surface area contributed by atoms with E-state index in [9.17, 15) is 4.79 Å². The molecular formula is C14H19Cl3N2O2. The Morgan fingerprint density at radius 3 is 2.76 bits per heavy atom. The maximum Gasteiger partial charge on any atom is 0.251 e. The van der Waals surface area contributed by atoms with Crippen LogP contribution in [-0.4, -0.2) is 38.3 Å². The molecule has 1 unspecified atom stereocenters. The van der Waals surface area contributed by atoms with Gasteiger partial charge in [-0.2, -0.15) is 0 Å². The van der Waals surface area contributed by atoms with Gasteiger partial charge in [0.15, 0.2) is 0 Å². The number of carbonyl (C=O) groups excluding carboxylic acids is 1. The molecule has 1 fully saturated rings. The summed E-state index contributed by atoms with van der Waals surface area (Å²) in [6.45, 7) is 2.06. The van der Waals surface area contributed by atoms with Crippen LogP contribution in [0.15, 0.2) is 18.2 Å². The lowest BCUT2D eigenvalue weighted by molar-refractivity contribution is 0.0892. The topological polar surface area (TPSA) is 50.4 Å². The second-order valence-corrected chi connectivity index (χ2v) is 5.87. The quantitative estimate of drug-likeness (QED) is 0.856. The summed E-state index contributed by atoms with van der Waals surface area (Å²) in [5.74, 6) is -0.159. The van der Waals surface area contributed by atoms with E-state index in [1.807, 2.05) is 0 Å². The lowest BCUT2D eigenvalue weighted by Crippen LogP contribution is -2.53. The Bertz CT molecular complexity index is 491. The number of nitrogens with one attached hydrogen (secondary N) is 2. The highest BCUT2D eigenvalue weighted by atomic mass is 35.5. The monoisotopic (exact) mass is 352 g/mol. The summed E-state index contributed by atoms with van der Waals surface area (Å²) in [6.07, 6.45) is 2.08. The molecular weight excluding hydrogens is 335 g/mol. The van der Waals surface area contributed by atoms with Crippen LogP contribution < -0.4 is 10.6 Å². The Balaban J connectivity index is 0.00000220. The predicted molar refractivity (Wildman–Crippen MR) is 87.9 cm³/mol. The lowest BCUT2D eigenvalue weighted by atomic mass is 9.98. The van der Waals surface area contributed by atoms with Crippen molar-refractivity contribution in [3.8, 4) is 0 Å². The fraction of sp³-hybridized carbons (Fsp3) is 0.500. The zero-order valence-electron chi connectivity index (χ0n) is 11.7. The Kier molecular flexibility index (Phi) is 7.24. The average Bonchev–Trinajstić information content (AvgIpc) is 2.89. The van der Waals surface area contributed by atoms with Crippen molar-refractivity contribution in [2.24, 2.45) is 0 Å². The molecule has 2 rings (SSSR count). The zero-order valence-corrected chi connectivity index (χ0v) is 14.1. The van der Waals surface area contributed by atoms with Crippen molar-refractivity contribution in [1.29, 1.82) is 0 Å². The van der Waals surface area contributed by atoms with Gasteiger partial charge in [0, 0.05) is 19.2 Å². The van der Waals surface area contributed by atoms with Gasteiger partial charge in [0.25, 0.3) is 5.91 Å². The third-order valence-corrected chi connectivity index (χ3v) is 4.26. The molecule has 118 valence electrons. The number of carbonyl (C=O) groups is 1. The van der Waals surface area contributed by atoms with E-state index >= 15 is 0 Å². The summed E-state index contributed by atoms with van der Waals surface area (Å²) in [5, 5.41) is 7.16. The molecule has 0 spiro atoms. The van der Waals surface area contributed by atoms with Crippen LogP contribution in [0.1, 0.15) is 23.2 Å². The molecule has 1 aromatic rings. The molecule has 0 radical (unpaired) electrons. The van der Waals surface area contributed by atoms with Crippen LogP contribution in [0.4, 0.5) is 0 Å². The standard InChI is InChI=1S/C14H18Cl2N2O2.ClH/c1-20-9-14(5-2-6-18-14)8-17-13(19)10-3-4-11(15)12(16)7-10;/h3-4,7,18H,2,5-6,8-9H2,1H3,(H,17,19);1H. The van der Waals surface area contributed by atoms with Crippen molar-refractivity contribution >= 4 is 41.5 Å². The van der Waals surface area contributed by atoms with Gasteiger partial charge in [-0.3, -0.25) is 4.79 Å². The fourth-order valence-electron chi connectivity index (χ4n) is 2.46. The highest BCUT2D eigenvalue weighted by Gasteiger charge is 2.33. The van der Waals surface area contributed by atoms with Crippen molar-refractivity contribution in [2.75, 3.05) is 26.8 Å². The summed E-state index contributed by atoms with van der Waals surface area (Å²) in [7, 11) is 1.67. The van der Waals surface area contributed by atoms with Crippen LogP contribution >= 0.6 is 35.6 Å². The van der Waals surface area contributed by atoms with Gasteiger partial charge >= 0.3 is 0 Å². The summed E-state index contributed by atoms with van der Waals surface area (Å²) >= 11 is 11.8. The smallest absolute Gasteiger partial charge is 0.251 e. The molecule has 0 aromatic heterocycles. The van der Waals surface area contributed by atoms with E-state index in [0.29, 0.717) is 28.8 Å². The van der Waals surface area contributed by atoms with Crippen LogP contribution in [0.25, 0.3) is 0 Å². The van der Waals surface area contributed by atoms with Crippen molar-refractivity contribution in [2.45, 2.75) is 18.4 Å². The zero-order chi connectivity index (χ0) is 14.6. The maximum atomic E-state index is 12.1. The largest absolute Gasteiger partial charge is 0.383 e. The summed E-state index contributed by atoms with van der Waals surface area (Å²) < 4.78 is 5.25. The molecule has 0 bridgehead atoms. The Morgan fingerprint density at radius 2 is 2.19 bits per heavy atom. The van der Waals surface area contributed by atoms with E-state index in [1.54, 1.807) is 25.3 Å². The van der Waals surface area contributed by atoms with Crippen molar-refractivity contribution < 1.29 is 9.53 Å². The minimum atomic E-state index is -0.166. The van der Waals surface area contributed by atoms with Crippen LogP contribution in [-0.2, 0) is 4.74 Å². The van der Waals surface area contributed by atoms with Crippen LogP contribution in [0.5, 0.6) is 0 Å². The molecule has 0 saturated carbocycles. The number of hydrogen-bond acceptors (Lipinski definition) is 3. The van der Waals surface area contributed by atoms with Gasteiger partial charge in [0.05, 0.1) is 22.2 Å². The molecule has 1 amide bonds. The number of ether oxygens (including phenoxy) is 1. The first-order valence-electron chi connectivity index (χ1n) is 6.53. The molecule has 4 nitrogen and oxygen atoms in total. The number of halogens is 3. The van der Waals surface area contributed by atoms with E-state index in [4.69, 9.17) is 27.9 Å². The van der Waals surface area contributed by atoms with Gasteiger partial charge in [-0.25, -0.2) is 0 Å². The van der Waals surface area contributed by atoms with Crippen LogP contribution in [0.3, 0.4) is 0 Å². The van der Waals surface area contributed by atoms with Gasteiger partial charge in [0.2, 0.25) is 0 Å². The third kappa shape index (κ3) is 4.73. The highest BCUT2D eigenvalue weighted by Crippen LogP contribution is 2.23. The first kappa shape index (κ1) is 18.5. The van der Waals surface area contributed by atoms with Gasteiger partial charge in [0.1, 0.15) is 0 Å². The highest BCUT2D eigenvalue weighted by molar-refractivity contribution is 6.42. The summed E-state index contributed by atoms with van der Waals surface area (Å²) in [5.41, 5.74) is 0.339. The van der Waals surface area contributed by atoms with Crippen LogP contribution in [0.2, 0.25) is 10.0 Å². The van der Waals surface area contributed by atoms with E-state index < -0.39 is 0 Å². The normalized spacial score (nSPS) is 20.9. The van der Waals surface area contributed by atoms with Crippen molar-refractivity contribution in [3.63, 3.8) is 0 Å². The number of rotatable bonds is 5. The predicted octanol–water partition coefficient (Wildman–Crippen LogP) is 2.91. The van der Waals surface area contributed by atoms with E-state index in [2.05, 4.69) is 10.6 Å². The van der Waals surface area contributed by atoms with E-state index in [1.165, 1.54) is 0 Å². The maximum absolute atomic E-state index is 12.1. The lowest BCUT2D eigenvalue weighted by Gasteiger charge is -2.29. The molecule has 1 heterocycles. The van der Waals surface area contributed by atoms with Crippen molar-refractivity contribution in [3.05, 3.63) is 33.8 Å². The average molecular weight is 354 g/mol. The SMILES string of the molecule is COCC1(CNC(=O)c2ccc(Cl)c(Cl)c2)CCCN1.Cl. The number of methoxy groups -OCH3 is 1. The summed E-state index contributed by atoms with van der Waals surface area (Å²) in [4.78, 5) is 12.1. The van der Waals surface area contributed by atoms with Gasteiger partial charge in [-0.05, 0) is 37.6 Å². The molecule has 7 heteroatoms. The van der Waals surface area contributed by atoms with Gasteiger partial charge in [-0.15, -0.1) is 12.4 Å². The number of benzene rings is 1. The minimum absolute atomic E-state index is 0. The van der Waals surface area contributed by atoms with Crippen LogP contribution in [0, 0.1) is 0 Å². The van der Waals surface area contributed by atoms with Crippen molar-refractivity contribution in [1.82, 2.24) is 10.6 Å². The first-order chi connectivity index (χ1) is 9.56.